The maximum Gasteiger partial charge on any atom is 0.319 e. The van der Waals surface area contributed by atoms with Crippen LogP contribution in [0.5, 0.6) is 0 Å². The number of rotatable bonds is 2. The Labute approximate surface area is 77.4 Å². The molecular formula is C8H17BrO2. The second-order valence-electron chi connectivity index (χ2n) is 2.17. The number of hydrogen-bond donors (Lipinski definition) is 0. The lowest BCUT2D eigenvalue weighted by molar-refractivity contribution is -0.140. The van der Waals surface area contributed by atoms with Crippen molar-refractivity contribution in [1.29, 1.82) is 0 Å². The summed E-state index contributed by atoms with van der Waals surface area (Å²) < 4.78 is 4.49. The van der Waals surface area contributed by atoms with Gasteiger partial charge < -0.3 is 4.74 Å². The summed E-state index contributed by atoms with van der Waals surface area (Å²) in [5, 5.41) is 0. The lowest BCUT2D eigenvalue weighted by Gasteiger charge is -2.09. The second-order valence-corrected chi connectivity index (χ2v) is 3.16. The van der Waals surface area contributed by atoms with Crippen LogP contribution in [0, 0.1) is 5.92 Å². The van der Waals surface area contributed by atoms with E-state index in [1.165, 1.54) is 7.11 Å². The fourth-order valence-corrected chi connectivity index (χ4v) is 0.572. The van der Waals surface area contributed by atoms with Crippen molar-refractivity contribution in [1.82, 2.24) is 0 Å². The first-order valence-corrected chi connectivity index (χ1v) is 4.73. The lowest BCUT2D eigenvalue weighted by Crippen LogP contribution is -2.20. The number of esters is 1. The van der Waals surface area contributed by atoms with E-state index in [9.17, 15) is 4.79 Å². The molecule has 0 heterocycles. The van der Waals surface area contributed by atoms with Crippen LogP contribution in [0.1, 0.15) is 27.7 Å². The summed E-state index contributed by atoms with van der Waals surface area (Å²) in [6, 6.07) is 0. The lowest BCUT2D eigenvalue weighted by atomic mass is 10.1. The molecular weight excluding hydrogens is 208 g/mol. The van der Waals surface area contributed by atoms with Crippen LogP contribution < -0.4 is 0 Å². The zero-order valence-electron chi connectivity index (χ0n) is 7.85. The van der Waals surface area contributed by atoms with E-state index in [-0.39, 0.29) is 16.7 Å². The molecule has 0 spiro atoms. The highest BCUT2D eigenvalue weighted by molar-refractivity contribution is 9.10. The molecule has 1 atom stereocenters. The molecule has 0 aliphatic rings. The number of methoxy groups -OCH3 is 1. The monoisotopic (exact) mass is 224 g/mol. The molecule has 0 rings (SSSR count). The maximum absolute atomic E-state index is 10.7. The van der Waals surface area contributed by atoms with Gasteiger partial charge in [0.25, 0.3) is 0 Å². The van der Waals surface area contributed by atoms with E-state index in [0.29, 0.717) is 0 Å². The van der Waals surface area contributed by atoms with E-state index >= 15 is 0 Å². The molecule has 0 saturated heterocycles. The molecule has 0 aliphatic heterocycles. The van der Waals surface area contributed by atoms with Crippen LogP contribution in [-0.4, -0.2) is 17.9 Å². The normalized spacial score (nSPS) is 11.5. The van der Waals surface area contributed by atoms with Crippen LogP contribution in [0.25, 0.3) is 0 Å². The van der Waals surface area contributed by atoms with Crippen LogP contribution >= 0.6 is 15.9 Å². The Morgan fingerprint density at radius 3 is 1.82 bits per heavy atom. The molecule has 0 saturated carbocycles. The Morgan fingerprint density at radius 1 is 1.36 bits per heavy atom. The van der Waals surface area contributed by atoms with E-state index < -0.39 is 0 Å². The third kappa shape index (κ3) is 6.35. The van der Waals surface area contributed by atoms with Gasteiger partial charge in [0.2, 0.25) is 0 Å². The minimum Gasteiger partial charge on any atom is -0.468 e. The number of carbonyl (C=O) groups excluding carboxylic acids is 1. The average molecular weight is 225 g/mol. The molecule has 0 aromatic carbocycles. The first kappa shape index (κ1) is 13.5. The predicted molar refractivity (Wildman–Crippen MR) is 50.9 cm³/mol. The van der Waals surface area contributed by atoms with Gasteiger partial charge in [0, 0.05) is 0 Å². The van der Waals surface area contributed by atoms with Crippen molar-refractivity contribution in [3.05, 3.63) is 0 Å². The van der Waals surface area contributed by atoms with Gasteiger partial charge in [-0.05, 0) is 5.92 Å². The van der Waals surface area contributed by atoms with Crippen molar-refractivity contribution < 1.29 is 9.53 Å². The van der Waals surface area contributed by atoms with E-state index in [1.54, 1.807) is 0 Å². The summed E-state index contributed by atoms with van der Waals surface area (Å²) in [5.74, 6) is 0.0856. The third-order valence-electron chi connectivity index (χ3n) is 1.01. The topological polar surface area (TPSA) is 26.3 Å². The smallest absolute Gasteiger partial charge is 0.319 e. The van der Waals surface area contributed by atoms with Crippen molar-refractivity contribution in [2.45, 2.75) is 32.5 Å². The van der Waals surface area contributed by atoms with Crippen LogP contribution in [-0.2, 0) is 9.53 Å². The summed E-state index contributed by atoms with van der Waals surface area (Å²) >= 11 is 3.19. The summed E-state index contributed by atoms with van der Waals surface area (Å²) in [4.78, 5) is 10.5. The quantitative estimate of drug-likeness (QED) is 0.533. The summed E-state index contributed by atoms with van der Waals surface area (Å²) in [6.45, 7) is 7.91. The summed E-state index contributed by atoms with van der Waals surface area (Å²) in [5.41, 5.74) is 0. The van der Waals surface area contributed by atoms with Crippen molar-refractivity contribution in [3.8, 4) is 0 Å². The number of carbonyl (C=O) groups is 1. The largest absolute Gasteiger partial charge is 0.468 e. The minimum atomic E-state index is -0.204. The second kappa shape index (κ2) is 8.05. The molecule has 0 N–H and O–H groups in total. The van der Waals surface area contributed by atoms with Gasteiger partial charge >= 0.3 is 5.97 Å². The highest BCUT2D eigenvalue weighted by Crippen LogP contribution is 2.12. The van der Waals surface area contributed by atoms with Gasteiger partial charge in [-0.15, -0.1) is 0 Å². The van der Waals surface area contributed by atoms with Gasteiger partial charge in [-0.2, -0.15) is 0 Å². The number of halogens is 1. The van der Waals surface area contributed by atoms with Crippen LogP contribution in [0.2, 0.25) is 0 Å². The van der Waals surface area contributed by atoms with Crippen molar-refractivity contribution in [3.63, 3.8) is 0 Å². The molecule has 0 fully saturated rings. The van der Waals surface area contributed by atoms with Gasteiger partial charge in [-0.25, -0.2) is 0 Å². The van der Waals surface area contributed by atoms with Crippen LogP contribution in [0.15, 0.2) is 0 Å². The first-order valence-electron chi connectivity index (χ1n) is 3.81. The molecule has 68 valence electrons. The van der Waals surface area contributed by atoms with Gasteiger partial charge in [-0.1, -0.05) is 43.6 Å². The SMILES string of the molecule is CC.COC(=O)C(Br)C(C)C. The molecule has 0 aliphatic carbocycles. The molecule has 0 amide bonds. The Kier molecular flexibility index (Phi) is 9.90. The number of ether oxygens (including phenoxy) is 1. The number of hydrogen-bond acceptors (Lipinski definition) is 2. The highest BCUT2D eigenvalue weighted by Gasteiger charge is 2.18. The molecule has 0 bridgehead atoms. The minimum absolute atomic E-state index is 0.164. The zero-order valence-corrected chi connectivity index (χ0v) is 9.44. The molecule has 1 unspecified atom stereocenters. The molecule has 2 nitrogen and oxygen atoms in total. The molecule has 3 heteroatoms. The van der Waals surface area contributed by atoms with Gasteiger partial charge in [0.05, 0.1) is 7.11 Å². The molecule has 11 heavy (non-hydrogen) atoms. The standard InChI is InChI=1S/C6H11BrO2.C2H6/c1-4(2)5(7)6(8)9-3;1-2/h4-5H,1-3H3;1-2H3. The number of alkyl halides is 1. The molecule has 0 radical (unpaired) electrons. The average Bonchev–Trinajstić information content (AvgIpc) is 2.05. The zero-order chi connectivity index (χ0) is 9.44. The van der Waals surface area contributed by atoms with Gasteiger partial charge in [0.1, 0.15) is 4.83 Å². The van der Waals surface area contributed by atoms with Crippen molar-refractivity contribution in [2.24, 2.45) is 5.92 Å². The fourth-order valence-electron chi connectivity index (χ4n) is 0.385. The Bertz CT molecular complexity index is 102. The first-order chi connectivity index (χ1) is 5.09. The van der Waals surface area contributed by atoms with Gasteiger partial charge in [0.15, 0.2) is 0 Å². The van der Waals surface area contributed by atoms with E-state index in [4.69, 9.17) is 0 Å². The highest BCUT2D eigenvalue weighted by atomic mass is 79.9. The molecule has 0 aromatic heterocycles. The van der Waals surface area contributed by atoms with E-state index in [0.717, 1.165) is 0 Å². The Balaban J connectivity index is 0. The predicted octanol–water partition coefficient (Wildman–Crippen LogP) is 2.61. The van der Waals surface area contributed by atoms with Crippen molar-refractivity contribution >= 4 is 21.9 Å². The summed E-state index contributed by atoms with van der Waals surface area (Å²) in [7, 11) is 1.39. The molecule has 0 aromatic rings. The van der Waals surface area contributed by atoms with Crippen molar-refractivity contribution in [2.75, 3.05) is 7.11 Å². The Hall–Kier alpha value is -0.0500. The Morgan fingerprint density at radius 2 is 1.73 bits per heavy atom. The van der Waals surface area contributed by atoms with E-state index in [1.807, 2.05) is 27.7 Å². The van der Waals surface area contributed by atoms with E-state index in [2.05, 4.69) is 20.7 Å². The summed E-state index contributed by atoms with van der Waals surface area (Å²) in [6.07, 6.45) is 0. The van der Waals surface area contributed by atoms with Crippen LogP contribution in [0.3, 0.4) is 0 Å². The maximum atomic E-state index is 10.7. The fraction of sp³-hybridized carbons (Fsp3) is 0.875. The third-order valence-corrected chi connectivity index (χ3v) is 2.44. The van der Waals surface area contributed by atoms with Crippen LogP contribution in [0.4, 0.5) is 0 Å². The van der Waals surface area contributed by atoms with Gasteiger partial charge in [-0.3, -0.25) is 4.79 Å².